The topological polar surface area (TPSA) is 286 Å². The van der Waals surface area contributed by atoms with E-state index in [-0.39, 0.29) is 17.0 Å². The number of anilines is 1. The van der Waals surface area contributed by atoms with Crippen molar-refractivity contribution in [3.63, 3.8) is 0 Å². The van der Waals surface area contributed by atoms with E-state index in [9.17, 15) is 38.5 Å². The first-order chi connectivity index (χ1) is 16.9. The first-order valence-corrected chi connectivity index (χ1v) is 14.6. The van der Waals surface area contributed by atoms with Crippen LogP contribution in [0.2, 0.25) is 0 Å². The summed E-state index contributed by atoms with van der Waals surface area (Å²) in [5.41, 5.74) is 2.79. The summed E-state index contributed by atoms with van der Waals surface area (Å²) < 4.78 is 53.9. The number of aromatic amines is 1. The molecule has 1 fully saturated rings. The normalized spacial score (nSPS) is 28.3. The first-order valence-electron chi connectivity index (χ1n) is 10.0. The monoisotopic (exact) mass is 588 g/mol. The highest BCUT2D eigenvalue weighted by Crippen LogP contribution is 2.67. The first kappa shape index (κ1) is 29.6. The molecule has 1 saturated heterocycles. The lowest BCUT2D eigenvalue weighted by atomic mass is 9.84. The molecule has 0 saturated carbocycles. The molecule has 0 bridgehead atoms. The molecule has 0 spiro atoms. The lowest BCUT2D eigenvalue weighted by molar-refractivity contribution is -0.0828. The van der Waals surface area contributed by atoms with Crippen LogP contribution in [-0.2, 0) is 31.6 Å². The van der Waals surface area contributed by atoms with Crippen molar-refractivity contribution < 1.29 is 61.4 Å². The number of fused-ring (bicyclic) bond motifs is 1. The maximum atomic E-state index is 12.3. The fraction of sp³-hybridized carbons (Fsp3) is 0.500. The van der Waals surface area contributed by atoms with Gasteiger partial charge >= 0.3 is 23.5 Å². The molecule has 0 radical (unpaired) electrons. The molecule has 1 aliphatic heterocycles. The highest BCUT2D eigenvalue weighted by atomic mass is 31.3. The Hall–Kier alpha value is -1.93. The Bertz CT molecular complexity index is 1440. The van der Waals surface area contributed by atoms with Crippen LogP contribution in [0.1, 0.15) is 20.1 Å². The summed E-state index contributed by atoms with van der Waals surface area (Å²) in [6.45, 7) is 1.68. The van der Waals surface area contributed by atoms with Crippen LogP contribution in [0.25, 0.3) is 11.0 Å². The van der Waals surface area contributed by atoms with Gasteiger partial charge in [-0.15, -0.1) is 5.92 Å². The zero-order valence-corrected chi connectivity index (χ0v) is 21.6. The van der Waals surface area contributed by atoms with E-state index in [1.54, 1.807) is 0 Å². The molecule has 0 aliphatic carbocycles. The number of rotatable bonds is 9. The van der Waals surface area contributed by atoms with E-state index in [1.165, 1.54) is 23.8 Å². The van der Waals surface area contributed by atoms with Gasteiger partial charge in [0, 0.05) is 6.20 Å². The molecule has 1 aliphatic rings. The average Bonchev–Trinajstić information content (AvgIpc) is 3.23. The SMILES string of the molecule is CC#CC1(O)C(CO)[C@@H]([C@@H](C)OP(=O)(O)OP(=O)(O)OP(=O)(O)O)O[C@H]1n1ccc2c(=O)[nH]c(N)nc21. The molecule has 4 unspecified atom stereocenters. The number of ether oxygens (including phenoxy) is 1. The zero-order valence-electron chi connectivity index (χ0n) is 18.9. The van der Waals surface area contributed by atoms with E-state index in [4.69, 9.17) is 24.8 Å². The molecule has 0 aromatic carbocycles. The average molecular weight is 588 g/mol. The van der Waals surface area contributed by atoms with Crippen LogP contribution in [-0.4, -0.2) is 68.7 Å². The predicted molar refractivity (Wildman–Crippen MR) is 122 cm³/mol. The molecule has 37 heavy (non-hydrogen) atoms. The maximum Gasteiger partial charge on any atom is 0.490 e. The van der Waals surface area contributed by atoms with Crippen LogP contribution in [0.3, 0.4) is 0 Å². The van der Waals surface area contributed by atoms with Crippen molar-refractivity contribution in [2.45, 2.75) is 37.9 Å². The van der Waals surface area contributed by atoms with E-state index in [0.29, 0.717) is 0 Å². The van der Waals surface area contributed by atoms with Gasteiger partial charge in [0.25, 0.3) is 5.56 Å². The Balaban J connectivity index is 1.97. The predicted octanol–water partition coefficient (Wildman–Crippen LogP) is -0.701. The third kappa shape index (κ3) is 6.39. The number of phosphoric ester groups is 1. The summed E-state index contributed by atoms with van der Waals surface area (Å²) in [6, 6.07) is 1.35. The number of aliphatic hydroxyl groups is 2. The standard InChI is InChI=1S/C16H23N4O14P3/c1-3-5-16(23)10(7-21)11(8(2)32-36(27,28)34-37(29,30)33-35(24,25)26)31-14(16)20-6-4-9-12(20)18-15(17)19-13(9)22/h4,6,8,10-11,14,21,23H,7H2,1-2H3,(H,27,28)(H,29,30)(H2,24,25,26)(H3,17,18,19,22)/t8-,10?,11-,14-,16?/m1/s1. The maximum absolute atomic E-state index is 12.3. The smallest absolute Gasteiger partial charge is 0.396 e. The number of aliphatic hydroxyl groups excluding tert-OH is 1. The van der Waals surface area contributed by atoms with E-state index < -0.39 is 65.6 Å². The molecule has 3 rings (SSSR count). The van der Waals surface area contributed by atoms with E-state index in [1.807, 2.05) is 0 Å². The molecule has 206 valence electrons. The van der Waals surface area contributed by atoms with Crippen LogP contribution in [0.15, 0.2) is 17.1 Å². The molecular formula is C16H23N4O14P3. The van der Waals surface area contributed by atoms with Gasteiger partial charge in [-0.25, -0.2) is 13.7 Å². The summed E-state index contributed by atoms with van der Waals surface area (Å²) in [6.07, 6.45) is -3.22. The Labute approximate surface area is 207 Å². The molecule has 2 aromatic heterocycles. The van der Waals surface area contributed by atoms with Crippen molar-refractivity contribution >= 4 is 40.4 Å². The van der Waals surface area contributed by atoms with Gasteiger partial charge in [0.05, 0.1) is 30.1 Å². The van der Waals surface area contributed by atoms with Gasteiger partial charge in [0.15, 0.2) is 17.5 Å². The summed E-state index contributed by atoms with van der Waals surface area (Å²) in [4.78, 5) is 55.1. The summed E-state index contributed by atoms with van der Waals surface area (Å²) in [5, 5.41) is 21.6. The summed E-state index contributed by atoms with van der Waals surface area (Å²) in [7, 11) is -17.0. The minimum absolute atomic E-state index is 0.0274. The third-order valence-corrected chi connectivity index (χ3v) is 9.10. The van der Waals surface area contributed by atoms with Crippen molar-refractivity contribution in [2.24, 2.45) is 5.92 Å². The second kappa shape index (κ2) is 10.3. The van der Waals surface area contributed by atoms with E-state index in [2.05, 4.69) is 30.4 Å². The fourth-order valence-corrected chi connectivity index (χ4v) is 7.11. The molecule has 9 N–H and O–H groups in total. The number of nitrogen functional groups attached to an aromatic ring is 1. The lowest BCUT2D eigenvalue weighted by Crippen LogP contribution is -2.45. The number of hydrogen-bond donors (Lipinski definition) is 8. The largest absolute Gasteiger partial charge is 0.490 e. The fourth-order valence-electron chi connectivity index (χ4n) is 3.91. The highest BCUT2D eigenvalue weighted by molar-refractivity contribution is 7.66. The van der Waals surface area contributed by atoms with Crippen LogP contribution in [0, 0.1) is 17.8 Å². The van der Waals surface area contributed by atoms with Crippen LogP contribution < -0.4 is 11.3 Å². The van der Waals surface area contributed by atoms with Crippen molar-refractivity contribution in [1.29, 1.82) is 0 Å². The van der Waals surface area contributed by atoms with Gasteiger partial charge in [-0.3, -0.25) is 14.3 Å². The van der Waals surface area contributed by atoms with E-state index >= 15 is 0 Å². The molecular weight excluding hydrogens is 565 g/mol. The Morgan fingerprint density at radius 3 is 2.49 bits per heavy atom. The summed E-state index contributed by atoms with van der Waals surface area (Å²) in [5.74, 6) is 3.40. The minimum Gasteiger partial charge on any atom is -0.396 e. The van der Waals surface area contributed by atoms with Gasteiger partial charge in [0.1, 0.15) is 0 Å². The van der Waals surface area contributed by atoms with Crippen molar-refractivity contribution in [1.82, 2.24) is 14.5 Å². The molecule has 2 aromatic rings. The van der Waals surface area contributed by atoms with Gasteiger partial charge in [-0.2, -0.15) is 13.6 Å². The van der Waals surface area contributed by atoms with Crippen molar-refractivity contribution in [2.75, 3.05) is 12.3 Å². The minimum atomic E-state index is -5.79. The van der Waals surface area contributed by atoms with Gasteiger partial charge < -0.3 is 44.8 Å². The van der Waals surface area contributed by atoms with E-state index in [0.717, 1.165) is 6.92 Å². The Morgan fingerprint density at radius 1 is 1.27 bits per heavy atom. The molecule has 0 amide bonds. The lowest BCUT2D eigenvalue weighted by Gasteiger charge is -2.29. The number of nitrogens with one attached hydrogen (secondary N) is 1. The second-order valence-electron chi connectivity index (χ2n) is 7.76. The van der Waals surface area contributed by atoms with Crippen LogP contribution >= 0.6 is 23.5 Å². The van der Waals surface area contributed by atoms with Crippen LogP contribution in [0.5, 0.6) is 0 Å². The number of aromatic nitrogens is 3. The molecule has 18 nitrogen and oxygen atoms in total. The van der Waals surface area contributed by atoms with Crippen molar-refractivity contribution in [3.8, 4) is 11.8 Å². The number of phosphoric acid groups is 3. The second-order valence-corrected chi connectivity index (χ2v) is 12.1. The number of nitrogens with zero attached hydrogens (tertiary/aromatic N) is 2. The highest BCUT2D eigenvalue weighted by Gasteiger charge is 2.58. The van der Waals surface area contributed by atoms with Gasteiger partial charge in [0.2, 0.25) is 5.95 Å². The van der Waals surface area contributed by atoms with Gasteiger partial charge in [-0.05, 0) is 19.9 Å². The quantitative estimate of drug-likeness (QED) is 0.133. The zero-order chi connectivity index (χ0) is 28.0. The molecule has 7 atom stereocenters. The number of H-pyrrole nitrogens is 1. The van der Waals surface area contributed by atoms with Crippen LogP contribution in [0.4, 0.5) is 5.95 Å². The molecule has 3 heterocycles. The Morgan fingerprint density at radius 2 is 1.92 bits per heavy atom. The molecule has 21 heteroatoms. The van der Waals surface area contributed by atoms with Gasteiger partial charge in [-0.1, -0.05) is 5.92 Å². The Kier molecular flexibility index (Phi) is 8.27. The number of nitrogens with two attached hydrogens (primary N) is 1. The third-order valence-electron chi connectivity index (χ3n) is 5.18. The summed E-state index contributed by atoms with van der Waals surface area (Å²) >= 11 is 0. The van der Waals surface area contributed by atoms with Crippen molar-refractivity contribution in [3.05, 3.63) is 22.6 Å². The number of hydrogen-bond acceptors (Lipinski definition) is 12.